The zero-order chi connectivity index (χ0) is 35.0. The molecule has 17 heteroatoms. The van der Waals surface area contributed by atoms with E-state index in [2.05, 4.69) is 9.97 Å². The highest BCUT2D eigenvalue weighted by Crippen LogP contribution is 2.53. The van der Waals surface area contributed by atoms with E-state index in [1.54, 1.807) is 12.4 Å². The number of nitro groups is 2. The maximum atomic E-state index is 13.6. The molecule has 16 nitrogen and oxygen atoms in total. The summed E-state index contributed by atoms with van der Waals surface area (Å²) in [5.74, 6) is -1.61. The molecule has 3 aliphatic heterocycles. The maximum absolute atomic E-state index is 13.6. The van der Waals surface area contributed by atoms with Crippen LogP contribution in [0.1, 0.15) is 43.3 Å². The first kappa shape index (κ1) is 33.6. The number of aromatic nitrogens is 2. The van der Waals surface area contributed by atoms with Crippen LogP contribution in [0.5, 0.6) is 0 Å². The zero-order valence-corrected chi connectivity index (χ0v) is 27.1. The molecule has 3 aliphatic rings. The van der Waals surface area contributed by atoms with Gasteiger partial charge in [0.05, 0.1) is 34.0 Å². The molecule has 2 N–H and O–H groups in total. The Kier molecular flexibility index (Phi) is 9.38. The van der Waals surface area contributed by atoms with E-state index in [0.717, 1.165) is 0 Å². The largest absolute Gasteiger partial charge is 0.456 e. The van der Waals surface area contributed by atoms with Gasteiger partial charge in [-0.25, -0.2) is 14.6 Å². The normalized spacial score (nSPS) is 23.6. The molecule has 0 radical (unpaired) electrons. The number of likely N-dealkylation sites (tertiary alicyclic amines) is 1. The summed E-state index contributed by atoms with van der Waals surface area (Å²) in [6.07, 6.45) is 2.10. The molecule has 0 aliphatic carbocycles. The second-order valence-electron chi connectivity index (χ2n) is 12.1. The lowest BCUT2D eigenvalue weighted by Crippen LogP contribution is -2.63. The third kappa shape index (κ3) is 6.58. The Morgan fingerprint density at radius 1 is 1.04 bits per heavy atom. The molecule has 2 saturated heterocycles. The Bertz CT molecular complexity index is 1800. The van der Waals surface area contributed by atoms with Crippen LogP contribution in [0.15, 0.2) is 71.5 Å². The lowest BCUT2D eigenvalue weighted by Gasteiger charge is -2.46. The lowest BCUT2D eigenvalue weighted by atomic mass is 9.79. The van der Waals surface area contributed by atoms with Gasteiger partial charge in [0.15, 0.2) is 0 Å². The number of fused-ring (bicyclic) bond motifs is 1. The summed E-state index contributed by atoms with van der Waals surface area (Å²) < 4.78 is 11.2. The number of imidazole rings is 1. The molecule has 2 fully saturated rings. The second kappa shape index (κ2) is 13.7. The van der Waals surface area contributed by atoms with Gasteiger partial charge in [-0.05, 0) is 48.7 Å². The van der Waals surface area contributed by atoms with Gasteiger partial charge in [0.25, 0.3) is 11.4 Å². The first-order valence-corrected chi connectivity index (χ1v) is 16.3. The number of hydrogen-bond acceptors (Lipinski definition) is 12. The quantitative estimate of drug-likeness (QED) is 0.125. The van der Waals surface area contributed by atoms with Crippen LogP contribution in [0.25, 0.3) is 0 Å². The third-order valence-corrected chi connectivity index (χ3v) is 10.4. The highest BCUT2D eigenvalue weighted by molar-refractivity contribution is 8.03. The van der Waals surface area contributed by atoms with E-state index in [9.17, 15) is 39.7 Å². The van der Waals surface area contributed by atoms with Crippen molar-refractivity contribution < 1.29 is 38.8 Å². The van der Waals surface area contributed by atoms with Crippen LogP contribution in [0.2, 0.25) is 0 Å². The summed E-state index contributed by atoms with van der Waals surface area (Å²) in [6.45, 7) is 3.35. The van der Waals surface area contributed by atoms with Crippen LogP contribution in [-0.4, -0.2) is 76.6 Å². The number of esters is 1. The van der Waals surface area contributed by atoms with Crippen molar-refractivity contribution in [2.75, 3.05) is 6.54 Å². The molecule has 0 unspecified atom stereocenters. The van der Waals surface area contributed by atoms with E-state index in [4.69, 9.17) is 9.47 Å². The molecule has 6 rings (SSSR count). The Morgan fingerprint density at radius 2 is 1.63 bits per heavy atom. The first-order chi connectivity index (χ1) is 23.4. The molecule has 2 aromatic carbocycles. The fraction of sp³-hybridized carbons (Fsp3) is 0.375. The molecule has 3 aromatic rings. The van der Waals surface area contributed by atoms with Gasteiger partial charge in [-0.3, -0.25) is 29.9 Å². The highest BCUT2D eigenvalue weighted by Gasteiger charge is 2.60. The van der Waals surface area contributed by atoms with Crippen molar-refractivity contribution in [3.05, 3.63) is 109 Å². The number of amides is 2. The number of non-ortho nitro benzene ring substituents is 2. The average molecular weight is 693 g/mol. The van der Waals surface area contributed by atoms with Gasteiger partial charge >= 0.3 is 12.1 Å². The Morgan fingerprint density at radius 3 is 2.16 bits per heavy atom. The molecular formula is C32H32N6O10S. The summed E-state index contributed by atoms with van der Waals surface area (Å²) in [7, 11) is 0. The number of H-pyrrole nitrogens is 1. The van der Waals surface area contributed by atoms with Crippen LogP contribution in [0, 0.1) is 32.1 Å². The number of benzene rings is 2. The van der Waals surface area contributed by atoms with Crippen molar-refractivity contribution in [3.8, 4) is 0 Å². The summed E-state index contributed by atoms with van der Waals surface area (Å²) in [5.41, 5.74) is 0.993. The fourth-order valence-electron chi connectivity index (χ4n) is 6.53. The predicted molar refractivity (Wildman–Crippen MR) is 172 cm³/mol. The third-order valence-electron chi connectivity index (χ3n) is 8.95. The van der Waals surface area contributed by atoms with Crippen molar-refractivity contribution in [3.63, 3.8) is 0 Å². The number of ether oxygens (including phenoxy) is 2. The standard InChI is InChI=1S/C32H32N6O10S/c1-17-26-25(18(2)39)30(40)36(26)27(31(41)47-15-19-3-7-21(8-4-19)37(43)44)28(17)49-23-13-24(29-33-11-12-34-29)35(14-23)32(42)48-16-20-5-9-22(10-6-20)38(45)46/h3-12,17-18,23-26,39H,13-16H2,1-2H3,(H,33,34)/t17-,18-,23+,24+,25-,26-/m1/s1. The minimum absolute atomic E-state index is 0.0800. The van der Waals surface area contributed by atoms with Crippen LogP contribution < -0.4 is 0 Å². The van der Waals surface area contributed by atoms with Crippen LogP contribution >= 0.6 is 11.8 Å². The molecule has 1 aromatic heterocycles. The molecule has 0 spiro atoms. The summed E-state index contributed by atoms with van der Waals surface area (Å²) in [6, 6.07) is 10.3. The van der Waals surface area contributed by atoms with Gasteiger partial charge in [-0.15, -0.1) is 11.8 Å². The number of thioether (sulfide) groups is 1. The molecule has 4 heterocycles. The van der Waals surface area contributed by atoms with Crippen molar-refractivity contribution in [1.82, 2.24) is 19.8 Å². The Labute approximate surface area is 283 Å². The number of aliphatic hydroxyl groups excluding tert-OH is 1. The van der Waals surface area contributed by atoms with Crippen molar-refractivity contribution in [2.45, 2.75) is 56.9 Å². The highest BCUT2D eigenvalue weighted by atomic mass is 32.2. The fourth-order valence-corrected chi connectivity index (χ4v) is 8.05. The number of rotatable bonds is 11. The smallest absolute Gasteiger partial charge is 0.410 e. The minimum Gasteiger partial charge on any atom is -0.456 e. The molecule has 0 saturated carbocycles. The second-order valence-corrected chi connectivity index (χ2v) is 13.4. The number of carbonyl (C=O) groups is 3. The van der Waals surface area contributed by atoms with Crippen LogP contribution in [-0.2, 0) is 32.3 Å². The number of β-lactam (4-membered cyclic amide) rings is 1. The number of aliphatic hydroxyl groups is 1. The van der Waals surface area contributed by atoms with Crippen molar-refractivity contribution >= 4 is 41.1 Å². The topological polar surface area (TPSA) is 211 Å². The van der Waals surface area contributed by atoms with Crippen molar-refractivity contribution in [1.29, 1.82) is 0 Å². The Hall–Kier alpha value is -5.29. The van der Waals surface area contributed by atoms with Gasteiger partial charge in [0.2, 0.25) is 5.91 Å². The zero-order valence-electron chi connectivity index (χ0n) is 26.3. The monoisotopic (exact) mass is 692 g/mol. The van der Waals surface area contributed by atoms with Gasteiger partial charge in [-0.2, -0.15) is 0 Å². The number of aromatic amines is 1. The minimum atomic E-state index is -0.936. The molecule has 256 valence electrons. The average Bonchev–Trinajstić information content (AvgIpc) is 3.81. The molecule has 6 atom stereocenters. The predicted octanol–water partition coefficient (Wildman–Crippen LogP) is 4.22. The number of hydrogen-bond donors (Lipinski definition) is 2. The summed E-state index contributed by atoms with van der Waals surface area (Å²) in [4.78, 5) is 72.2. The van der Waals surface area contributed by atoms with Crippen LogP contribution in [0.4, 0.5) is 16.2 Å². The van der Waals surface area contributed by atoms with E-state index in [0.29, 0.717) is 28.3 Å². The van der Waals surface area contributed by atoms with E-state index in [1.165, 1.54) is 77.0 Å². The van der Waals surface area contributed by atoms with E-state index in [-0.39, 0.29) is 53.9 Å². The summed E-state index contributed by atoms with van der Waals surface area (Å²) >= 11 is 1.36. The molecule has 0 bridgehead atoms. The Balaban J connectivity index is 1.21. The first-order valence-electron chi connectivity index (χ1n) is 15.4. The van der Waals surface area contributed by atoms with E-state index >= 15 is 0 Å². The van der Waals surface area contributed by atoms with Crippen LogP contribution in [0.3, 0.4) is 0 Å². The van der Waals surface area contributed by atoms with Gasteiger partial charge < -0.3 is 24.5 Å². The lowest BCUT2D eigenvalue weighted by molar-refractivity contribution is -0.385. The number of nitro benzene ring substituents is 2. The molecular weight excluding hydrogens is 660 g/mol. The number of nitrogens with zero attached hydrogens (tertiary/aromatic N) is 5. The molecule has 2 amide bonds. The van der Waals surface area contributed by atoms with E-state index < -0.39 is 46.0 Å². The van der Waals surface area contributed by atoms with Gasteiger partial charge in [0.1, 0.15) is 24.7 Å². The van der Waals surface area contributed by atoms with Gasteiger partial charge in [0, 0.05) is 59.3 Å². The number of nitrogens with one attached hydrogen (secondary N) is 1. The summed E-state index contributed by atoms with van der Waals surface area (Å²) in [5, 5.41) is 32.1. The van der Waals surface area contributed by atoms with E-state index in [1.807, 2.05) is 6.92 Å². The maximum Gasteiger partial charge on any atom is 0.410 e. The van der Waals surface area contributed by atoms with Crippen molar-refractivity contribution in [2.24, 2.45) is 11.8 Å². The number of carbonyl (C=O) groups excluding carboxylic acids is 3. The SMILES string of the molecule is C[C@@H](O)[C@H]1C(=O)N2C(C(=O)OCc3ccc([N+](=O)[O-])cc3)=C(S[C@H]3C[C@@H](c4ncc[nH]4)N(C(=O)OCc4ccc([N+](=O)[O-])cc4)C3)[C@H](C)[C@H]12. The molecule has 49 heavy (non-hydrogen) atoms. The van der Waals surface area contributed by atoms with Gasteiger partial charge in [-0.1, -0.05) is 6.92 Å².